The smallest absolute Gasteiger partial charge is 0.230 e. The first-order chi connectivity index (χ1) is 12.0. The first-order valence-corrected chi connectivity index (χ1v) is 10.2. The minimum Gasteiger partial charge on any atom is -0.335 e. The standard InChI is InChI=1S/C19H24N2O2S2/c1-13(2)16-12-25-19(24)21(16)18(23)10-15-8-9-17(22)20(15)11-14-6-4-3-5-7-14/h3-7,13,15-16H,8-12H2,1-2H3/t15-,16+/m0/s1. The van der Waals surface area contributed by atoms with Crippen molar-refractivity contribution in [2.45, 2.75) is 51.7 Å². The third-order valence-corrected chi connectivity index (χ3v) is 6.50. The quantitative estimate of drug-likeness (QED) is 0.738. The zero-order chi connectivity index (χ0) is 18.0. The first kappa shape index (κ1) is 18.4. The van der Waals surface area contributed by atoms with Gasteiger partial charge >= 0.3 is 0 Å². The van der Waals surface area contributed by atoms with E-state index in [1.807, 2.05) is 35.2 Å². The fourth-order valence-corrected chi connectivity index (χ4v) is 5.18. The van der Waals surface area contributed by atoms with Crippen LogP contribution in [0.3, 0.4) is 0 Å². The highest BCUT2D eigenvalue weighted by Crippen LogP contribution is 2.31. The topological polar surface area (TPSA) is 40.6 Å². The Hall–Kier alpha value is -1.40. The van der Waals surface area contributed by atoms with Crippen LogP contribution in [0, 0.1) is 5.92 Å². The van der Waals surface area contributed by atoms with Crippen LogP contribution in [-0.2, 0) is 16.1 Å². The molecule has 2 saturated heterocycles. The molecule has 1 aromatic rings. The first-order valence-electron chi connectivity index (χ1n) is 8.79. The number of benzene rings is 1. The van der Waals surface area contributed by atoms with Gasteiger partial charge < -0.3 is 4.90 Å². The lowest BCUT2D eigenvalue weighted by molar-refractivity contribution is -0.132. The summed E-state index contributed by atoms with van der Waals surface area (Å²) in [5, 5.41) is 0. The maximum absolute atomic E-state index is 12.9. The molecule has 0 unspecified atom stereocenters. The molecule has 2 aliphatic rings. The van der Waals surface area contributed by atoms with Gasteiger partial charge in [0.05, 0.1) is 0 Å². The summed E-state index contributed by atoms with van der Waals surface area (Å²) >= 11 is 6.99. The van der Waals surface area contributed by atoms with E-state index < -0.39 is 0 Å². The van der Waals surface area contributed by atoms with Gasteiger partial charge in [0.15, 0.2) is 0 Å². The molecule has 2 fully saturated rings. The molecule has 2 aliphatic heterocycles. The van der Waals surface area contributed by atoms with E-state index in [0.717, 1.165) is 17.7 Å². The molecule has 1 aromatic carbocycles. The summed E-state index contributed by atoms with van der Waals surface area (Å²) in [7, 11) is 0. The second-order valence-electron chi connectivity index (χ2n) is 7.06. The Morgan fingerprint density at radius 3 is 2.72 bits per heavy atom. The van der Waals surface area contributed by atoms with Crippen molar-refractivity contribution in [3.8, 4) is 0 Å². The zero-order valence-corrected chi connectivity index (χ0v) is 16.3. The van der Waals surface area contributed by atoms with Gasteiger partial charge in [0.25, 0.3) is 0 Å². The number of nitrogens with zero attached hydrogens (tertiary/aromatic N) is 2. The van der Waals surface area contributed by atoms with Crippen molar-refractivity contribution in [3.63, 3.8) is 0 Å². The summed E-state index contributed by atoms with van der Waals surface area (Å²) in [6, 6.07) is 10.1. The molecule has 2 heterocycles. The van der Waals surface area contributed by atoms with E-state index in [1.165, 1.54) is 0 Å². The van der Waals surface area contributed by atoms with Gasteiger partial charge in [0.1, 0.15) is 4.32 Å². The molecule has 0 N–H and O–H groups in total. The normalized spacial score (nSPS) is 23.8. The summed E-state index contributed by atoms with van der Waals surface area (Å²) in [5.41, 5.74) is 1.10. The lowest BCUT2D eigenvalue weighted by atomic mass is 10.0. The van der Waals surface area contributed by atoms with E-state index >= 15 is 0 Å². The van der Waals surface area contributed by atoms with Gasteiger partial charge in [0.2, 0.25) is 11.8 Å². The SMILES string of the molecule is CC(C)[C@H]1CSC(=S)N1C(=O)C[C@@H]1CCC(=O)N1Cc1ccccc1. The highest BCUT2D eigenvalue weighted by atomic mass is 32.2. The van der Waals surface area contributed by atoms with Crippen LogP contribution >= 0.6 is 24.0 Å². The van der Waals surface area contributed by atoms with Crippen LogP contribution in [-0.4, -0.2) is 43.8 Å². The molecule has 25 heavy (non-hydrogen) atoms. The third kappa shape index (κ3) is 4.06. The van der Waals surface area contributed by atoms with E-state index in [4.69, 9.17) is 12.2 Å². The number of carbonyl (C=O) groups is 2. The average molecular weight is 377 g/mol. The maximum atomic E-state index is 12.9. The molecule has 2 amide bonds. The van der Waals surface area contributed by atoms with Crippen molar-refractivity contribution in [2.24, 2.45) is 5.92 Å². The lowest BCUT2D eigenvalue weighted by Crippen LogP contribution is -2.44. The fourth-order valence-electron chi connectivity index (χ4n) is 3.52. The molecule has 0 aromatic heterocycles. The summed E-state index contributed by atoms with van der Waals surface area (Å²) in [4.78, 5) is 28.9. The zero-order valence-electron chi connectivity index (χ0n) is 14.7. The van der Waals surface area contributed by atoms with Crippen LogP contribution in [0.15, 0.2) is 30.3 Å². The Bertz CT molecular complexity index is 663. The summed E-state index contributed by atoms with van der Waals surface area (Å²) in [6.07, 6.45) is 1.64. The van der Waals surface area contributed by atoms with Crippen LogP contribution in [0.25, 0.3) is 0 Å². The van der Waals surface area contributed by atoms with Crippen LogP contribution < -0.4 is 0 Å². The minimum atomic E-state index is -0.0265. The molecule has 0 saturated carbocycles. The number of thioether (sulfide) groups is 1. The van der Waals surface area contributed by atoms with Crippen molar-refractivity contribution in [1.82, 2.24) is 9.80 Å². The predicted molar refractivity (Wildman–Crippen MR) is 105 cm³/mol. The lowest BCUT2D eigenvalue weighted by Gasteiger charge is -2.30. The van der Waals surface area contributed by atoms with Crippen LogP contribution in [0.5, 0.6) is 0 Å². The van der Waals surface area contributed by atoms with Gasteiger partial charge in [0, 0.05) is 37.2 Å². The van der Waals surface area contributed by atoms with Gasteiger partial charge in [-0.15, -0.1) is 0 Å². The van der Waals surface area contributed by atoms with Crippen LogP contribution in [0.1, 0.15) is 38.7 Å². The van der Waals surface area contributed by atoms with Gasteiger partial charge in [-0.3, -0.25) is 14.5 Å². The summed E-state index contributed by atoms with van der Waals surface area (Å²) in [6.45, 7) is 4.82. The molecule has 6 heteroatoms. The van der Waals surface area contributed by atoms with Crippen LogP contribution in [0.2, 0.25) is 0 Å². The minimum absolute atomic E-state index is 0.0265. The maximum Gasteiger partial charge on any atom is 0.230 e. The number of rotatable bonds is 5. The predicted octanol–water partition coefficient (Wildman–Crippen LogP) is 3.45. The third-order valence-electron chi connectivity index (χ3n) is 5.00. The molecule has 0 bridgehead atoms. The second-order valence-corrected chi connectivity index (χ2v) is 8.71. The monoisotopic (exact) mass is 376 g/mol. The Morgan fingerprint density at radius 1 is 1.32 bits per heavy atom. The summed E-state index contributed by atoms with van der Waals surface area (Å²) in [5.74, 6) is 1.45. The van der Waals surface area contributed by atoms with Gasteiger partial charge in [-0.2, -0.15) is 0 Å². The highest BCUT2D eigenvalue weighted by molar-refractivity contribution is 8.23. The van der Waals surface area contributed by atoms with E-state index in [9.17, 15) is 9.59 Å². The number of thiocarbonyl (C=S) groups is 1. The van der Waals surface area contributed by atoms with Crippen molar-refractivity contribution < 1.29 is 9.59 Å². The van der Waals surface area contributed by atoms with E-state index in [0.29, 0.717) is 29.6 Å². The van der Waals surface area contributed by atoms with Gasteiger partial charge in [-0.25, -0.2) is 0 Å². The number of likely N-dealkylation sites (tertiary alicyclic amines) is 1. The molecule has 134 valence electrons. The number of carbonyl (C=O) groups excluding carboxylic acids is 2. The van der Waals surface area contributed by atoms with Gasteiger partial charge in [-0.05, 0) is 17.9 Å². The van der Waals surface area contributed by atoms with Crippen molar-refractivity contribution in [1.29, 1.82) is 0 Å². The van der Waals surface area contributed by atoms with Gasteiger partial charge in [-0.1, -0.05) is 68.2 Å². The highest BCUT2D eigenvalue weighted by Gasteiger charge is 2.39. The number of hydrogen-bond donors (Lipinski definition) is 0. The Labute approximate surface area is 158 Å². The van der Waals surface area contributed by atoms with E-state index in [1.54, 1.807) is 16.7 Å². The molecule has 3 rings (SSSR count). The van der Waals surface area contributed by atoms with Crippen molar-refractivity contribution in [3.05, 3.63) is 35.9 Å². The van der Waals surface area contributed by atoms with Crippen LogP contribution in [0.4, 0.5) is 0 Å². The molecule has 0 aliphatic carbocycles. The summed E-state index contributed by atoms with van der Waals surface area (Å²) < 4.78 is 0.683. The Kier molecular flexibility index (Phi) is 5.79. The number of hydrogen-bond acceptors (Lipinski definition) is 4. The molecular weight excluding hydrogens is 352 g/mol. The molecule has 2 atom stereocenters. The van der Waals surface area contributed by atoms with E-state index in [2.05, 4.69) is 13.8 Å². The molecule has 0 radical (unpaired) electrons. The van der Waals surface area contributed by atoms with E-state index in [-0.39, 0.29) is 23.9 Å². The molecule has 0 spiro atoms. The average Bonchev–Trinajstić information content (AvgIpc) is 3.13. The Morgan fingerprint density at radius 2 is 2.04 bits per heavy atom. The molecular formula is C19H24N2O2S2. The largest absolute Gasteiger partial charge is 0.335 e. The van der Waals surface area contributed by atoms with Crippen molar-refractivity contribution >= 4 is 40.1 Å². The second kappa shape index (κ2) is 7.87. The fraction of sp³-hybridized carbons (Fsp3) is 0.526. The van der Waals surface area contributed by atoms with Crippen molar-refractivity contribution in [2.75, 3.05) is 5.75 Å². The molecule has 4 nitrogen and oxygen atoms in total. The Balaban J connectivity index is 1.69. The number of amides is 2.